The molecule has 7 heteroatoms. The summed E-state index contributed by atoms with van der Waals surface area (Å²) in [5, 5.41) is 5.93. The van der Waals surface area contributed by atoms with E-state index in [0.717, 1.165) is 17.2 Å². The Morgan fingerprint density at radius 3 is 2.63 bits per heavy atom. The summed E-state index contributed by atoms with van der Waals surface area (Å²) in [6, 6.07) is 6.42. The Morgan fingerprint density at radius 1 is 1.42 bits per heavy atom. The van der Waals surface area contributed by atoms with Crippen LogP contribution in [0.5, 0.6) is 0 Å². The van der Waals surface area contributed by atoms with E-state index in [1.165, 1.54) is 6.26 Å². The van der Waals surface area contributed by atoms with Crippen molar-refractivity contribution in [3.63, 3.8) is 0 Å². The van der Waals surface area contributed by atoms with Gasteiger partial charge < -0.3 is 5.32 Å². The summed E-state index contributed by atoms with van der Waals surface area (Å²) < 4.78 is 22.6. The fourth-order valence-electron chi connectivity index (χ4n) is 1.73. The molecule has 2 rings (SSSR count). The van der Waals surface area contributed by atoms with Crippen molar-refractivity contribution in [3.05, 3.63) is 29.8 Å². The number of carbonyl (C=O) groups is 1. The number of carbonyl (C=O) groups excluding carboxylic acids is 1. The van der Waals surface area contributed by atoms with Crippen molar-refractivity contribution in [2.75, 3.05) is 17.9 Å². The van der Waals surface area contributed by atoms with Crippen LogP contribution in [-0.4, -0.2) is 38.3 Å². The lowest BCUT2D eigenvalue weighted by Crippen LogP contribution is -2.41. The zero-order valence-electron chi connectivity index (χ0n) is 10.5. The van der Waals surface area contributed by atoms with Crippen molar-refractivity contribution in [3.8, 4) is 0 Å². The molecular formula is C12H16N2O3S2. The number of amides is 1. The normalized spacial score (nSPS) is 19.3. The number of hydrogen-bond acceptors (Lipinski definition) is 5. The summed E-state index contributed by atoms with van der Waals surface area (Å²) in [5.41, 5.74) is 0.881. The van der Waals surface area contributed by atoms with Gasteiger partial charge in [0.2, 0.25) is 5.91 Å². The van der Waals surface area contributed by atoms with E-state index in [9.17, 15) is 13.2 Å². The molecule has 0 spiro atoms. The van der Waals surface area contributed by atoms with Gasteiger partial charge in [-0.3, -0.25) is 10.1 Å². The van der Waals surface area contributed by atoms with E-state index >= 15 is 0 Å². The predicted molar refractivity (Wildman–Crippen MR) is 75.6 cm³/mol. The Kier molecular flexibility index (Phi) is 4.49. The van der Waals surface area contributed by atoms with Crippen molar-refractivity contribution in [2.45, 2.75) is 17.5 Å². The van der Waals surface area contributed by atoms with Crippen LogP contribution in [0, 0.1) is 0 Å². The maximum absolute atomic E-state index is 11.8. The van der Waals surface area contributed by atoms with Gasteiger partial charge in [0.05, 0.1) is 10.9 Å². The molecule has 0 aliphatic carbocycles. The molecule has 1 aromatic rings. The molecule has 1 aliphatic heterocycles. The van der Waals surface area contributed by atoms with E-state index in [2.05, 4.69) is 10.6 Å². The lowest BCUT2D eigenvalue weighted by Gasteiger charge is -2.10. The quantitative estimate of drug-likeness (QED) is 0.840. The van der Waals surface area contributed by atoms with Crippen LogP contribution in [0.4, 0.5) is 0 Å². The Hall–Kier alpha value is -1.05. The Labute approximate surface area is 117 Å². The van der Waals surface area contributed by atoms with Crippen LogP contribution in [0.1, 0.15) is 5.56 Å². The van der Waals surface area contributed by atoms with Crippen LogP contribution in [0.2, 0.25) is 0 Å². The number of benzene rings is 1. The van der Waals surface area contributed by atoms with E-state index < -0.39 is 9.84 Å². The van der Waals surface area contributed by atoms with Crippen LogP contribution < -0.4 is 10.6 Å². The second-order valence-corrected chi connectivity index (χ2v) is 7.45. The maximum atomic E-state index is 11.8. The van der Waals surface area contributed by atoms with Crippen LogP contribution in [0.3, 0.4) is 0 Å². The number of thioether (sulfide) groups is 1. The minimum absolute atomic E-state index is 0.0165. The molecule has 1 aromatic carbocycles. The number of nitrogens with one attached hydrogen (secondary N) is 2. The molecule has 0 bridgehead atoms. The molecule has 1 aliphatic rings. The zero-order chi connectivity index (χ0) is 13.9. The molecule has 1 unspecified atom stereocenters. The highest BCUT2D eigenvalue weighted by atomic mass is 32.2. The molecule has 1 saturated heterocycles. The standard InChI is InChI=1S/C12H16N2O3S2/c1-19(16,17)10-4-2-9(3-5-10)6-13-12(15)11-7-18-8-14-11/h2-5,11,14H,6-8H2,1H3,(H,13,15). The van der Waals surface area contributed by atoms with Gasteiger partial charge in [0.15, 0.2) is 9.84 Å². The third-order valence-electron chi connectivity index (χ3n) is 2.85. The molecule has 1 heterocycles. The summed E-state index contributed by atoms with van der Waals surface area (Å²) in [7, 11) is -3.16. The van der Waals surface area contributed by atoms with E-state index in [-0.39, 0.29) is 16.8 Å². The van der Waals surface area contributed by atoms with Crippen molar-refractivity contribution in [1.82, 2.24) is 10.6 Å². The lowest BCUT2D eigenvalue weighted by molar-refractivity contribution is -0.122. The first-order valence-corrected chi connectivity index (χ1v) is 8.89. The second-order valence-electron chi connectivity index (χ2n) is 4.41. The smallest absolute Gasteiger partial charge is 0.238 e. The molecule has 2 N–H and O–H groups in total. The Balaban J connectivity index is 1.91. The van der Waals surface area contributed by atoms with Crippen LogP contribution in [0.15, 0.2) is 29.2 Å². The van der Waals surface area contributed by atoms with Gasteiger partial charge in [-0.25, -0.2) is 8.42 Å². The largest absolute Gasteiger partial charge is 0.351 e. The van der Waals surface area contributed by atoms with Gasteiger partial charge >= 0.3 is 0 Å². The molecule has 1 amide bonds. The third-order valence-corrected chi connectivity index (χ3v) is 4.92. The highest BCUT2D eigenvalue weighted by molar-refractivity contribution is 7.99. The van der Waals surface area contributed by atoms with Gasteiger partial charge in [-0.1, -0.05) is 12.1 Å². The minimum Gasteiger partial charge on any atom is -0.351 e. The topological polar surface area (TPSA) is 75.3 Å². The first-order chi connectivity index (χ1) is 8.97. The Morgan fingerprint density at radius 2 is 2.11 bits per heavy atom. The minimum atomic E-state index is -3.16. The molecule has 1 fully saturated rings. The van der Waals surface area contributed by atoms with E-state index in [1.807, 2.05) is 0 Å². The molecule has 1 atom stereocenters. The summed E-state index contributed by atoms with van der Waals surface area (Å²) in [6.45, 7) is 0.408. The first-order valence-electron chi connectivity index (χ1n) is 5.84. The van der Waals surface area contributed by atoms with Gasteiger partial charge in [0, 0.05) is 24.4 Å². The number of rotatable bonds is 4. The average Bonchev–Trinajstić information content (AvgIpc) is 2.89. The van der Waals surface area contributed by atoms with Gasteiger partial charge in [-0.2, -0.15) is 0 Å². The molecule has 0 radical (unpaired) electrons. The SMILES string of the molecule is CS(=O)(=O)c1ccc(CNC(=O)C2CSCN2)cc1. The zero-order valence-corrected chi connectivity index (χ0v) is 12.2. The second kappa shape index (κ2) is 5.94. The van der Waals surface area contributed by atoms with Crippen molar-refractivity contribution in [2.24, 2.45) is 0 Å². The third kappa shape index (κ3) is 3.95. The maximum Gasteiger partial charge on any atom is 0.238 e. The molecule has 5 nitrogen and oxygen atoms in total. The van der Waals surface area contributed by atoms with E-state index in [4.69, 9.17) is 0 Å². The monoisotopic (exact) mass is 300 g/mol. The molecular weight excluding hydrogens is 284 g/mol. The molecule has 0 aromatic heterocycles. The summed E-state index contributed by atoms with van der Waals surface area (Å²) >= 11 is 1.70. The molecule has 104 valence electrons. The number of hydrogen-bond donors (Lipinski definition) is 2. The fourth-order valence-corrected chi connectivity index (χ4v) is 3.30. The van der Waals surface area contributed by atoms with E-state index in [0.29, 0.717) is 6.54 Å². The highest BCUT2D eigenvalue weighted by Crippen LogP contribution is 2.11. The van der Waals surface area contributed by atoms with Crippen molar-refractivity contribution in [1.29, 1.82) is 0 Å². The van der Waals surface area contributed by atoms with Crippen LogP contribution >= 0.6 is 11.8 Å². The number of sulfone groups is 1. The van der Waals surface area contributed by atoms with E-state index in [1.54, 1.807) is 36.0 Å². The van der Waals surface area contributed by atoms with Crippen molar-refractivity contribution >= 4 is 27.5 Å². The lowest BCUT2D eigenvalue weighted by atomic mass is 10.2. The summed E-state index contributed by atoms with van der Waals surface area (Å²) in [4.78, 5) is 12.1. The van der Waals surface area contributed by atoms with Gasteiger partial charge in [0.25, 0.3) is 0 Å². The average molecular weight is 300 g/mol. The molecule has 19 heavy (non-hydrogen) atoms. The summed E-state index contributed by atoms with van der Waals surface area (Å²) in [6.07, 6.45) is 1.17. The Bertz CT molecular complexity index is 549. The van der Waals surface area contributed by atoms with Gasteiger partial charge in [-0.05, 0) is 17.7 Å². The van der Waals surface area contributed by atoms with Crippen LogP contribution in [0.25, 0.3) is 0 Å². The van der Waals surface area contributed by atoms with Crippen LogP contribution in [-0.2, 0) is 21.2 Å². The first kappa shape index (κ1) is 14.4. The molecule has 0 saturated carbocycles. The predicted octanol–water partition coefficient (Wildman–Crippen LogP) is 0.369. The van der Waals surface area contributed by atoms with Gasteiger partial charge in [0.1, 0.15) is 0 Å². The fraction of sp³-hybridized carbons (Fsp3) is 0.417. The highest BCUT2D eigenvalue weighted by Gasteiger charge is 2.21. The van der Waals surface area contributed by atoms with Gasteiger partial charge in [-0.15, -0.1) is 11.8 Å². The summed E-state index contributed by atoms with van der Waals surface area (Å²) in [5.74, 6) is 1.58. The van der Waals surface area contributed by atoms with Crippen molar-refractivity contribution < 1.29 is 13.2 Å².